The number of allylic oxidation sites excluding steroid dienone is 1. The SMILES string of the molecule is N#C/C(=C/c1ccc(I)cc1)c1nc2ccc(F)cc2[nH]1. The van der Waals surface area contributed by atoms with E-state index in [1.165, 1.54) is 12.1 Å². The van der Waals surface area contributed by atoms with Crippen molar-refractivity contribution in [2.24, 2.45) is 0 Å². The minimum atomic E-state index is -0.335. The zero-order valence-corrected chi connectivity index (χ0v) is 12.9. The van der Waals surface area contributed by atoms with Gasteiger partial charge in [-0.05, 0) is 64.6 Å². The molecule has 0 bridgehead atoms. The van der Waals surface area contributed by atoms with E-state index in [0.29, 0.717) is 22.4 Å². The van der Waals surface area contributed by atoms with Crippen LogP contribution in [0.1, 0.15) is 11.4 Å². The number of hydrogen-bond acceptors (Lipinski definition) is 2. The number of hydrogen-bond donors (Lipinski definition) is 1. The van der Waals surface area contributed by atoms with Crippen LogP contribution in [0.4, 0.5) is 4.39 Å². The van der Waals surface area contributed by atoms with Crippen molar-refractivity contribution in [3.05, 3.63) is 63.2 Å². The van der Waals surface area contributed by atoms with E-state index >= 15 is 0 Å². The van der Waals surface area contributed by atoms with Crippen molar-refractivity contribution < 1.29 is 4.39 Å². The van der Waals surface area contributed by atoms with Gasteiger partial charge in [0.05, 0.1) is 16.6 Å². The quantitative estimate of drug-likeness (QED) is 0.523. The number of nitrogens with one attached hydrogen (secondary N) is 1. The second kappa shape index (κ2) is 5.66. The molecule has 3 rings (SSSR count). The summed E-state index contributed by atoms with van der Waals surface area (Å²) in [6, 6.07) is 14.2. The van der Waals surface area contributed by atoms with Gasteiger partial charge in [0.15, 0.2) is 0 Å². The monoisotopic (exact) mass is 389 g/mol. The highest BCUT2D eigenvalue weighted by molar-refractivity contribution is 14.1. The van der Waals surface area contributed by atoms with E-state index in [4.69, 9.17) is 0 Å². The largest absolute Gasteiger partial charge is 0.337 e. The molecule has 0 amide bonds. The number of imidazole rings is 1. The van der Waals surface area contributed by atoms with Gasteiger partial charge in [-0.3, -0.25) is 0 Å². The molecule has 5 heteroatoms. The second-order valence-corrected chi connectivity index (χ2v) is 5.71. The number of H-pyrrole nitrogens is 1. The van der Waals surface area contributed by atoms with Crippen molar-refractivity contribution in [3.8, 4) is 6.07 Å². The summed E-state index contributed by atoms with van der Waals surface area (Å²) in [4.78, 5) is 7.30. The Morgan fingerprint density at radius 2 is 2.00 bits per heavy atom. The van der Waals surface area contributed by atoms with E-state index in [-0.39, 0.29) is 5.82 Å². The molecule has 102 valence electrons. The summed E-state index contributed by atoms with van der Waals surface area (Å²) in [5, 5.41) is 9.32. The number of aromatic amines is 1. The first-order chi connectivity index (χ1) is 10.2. The highest BCUT2D eigenvalue weighted by atomic mass is 127. The van der Waals surface area contributed by atoms with Crippen LogP contribution >= 0.6 is 22.6 Å². The summed E-state index contributed by atoms with van der Waals surface area (Å²) in [7, 11) is 0. The van der Waals surface area contributed by atoms with E-state index in [9.17, 15) is 9.65 Å². The minimum Gasteiger partial charge on any atom is -0.337 e. The lowest BCUT2D eigenvalue weighted by Gasteiger charge is -1.96. The fourth-order valence-electron chi connectivity index (χ4n) is 1.99. The molecule has 3 nitrogen and oxygen atoms in total. The number of halogens is 2. The summed E-state index contributed by atoms with van der Waals surface area (Å²) in [5.74, 6) is 0.106. The van der Waals surface area contributed by atoms with Crippen LogP contribution in [0.3, 0.4) is 0 Å². The van der Waals surface area contributed by atoms with Crippen molar-refractivity contribution in [3.63, 3.8) is 0 Å². The fourth-order valence-corrected chi connectivity index (χ4v) is 2.35. The maximum Gasteiger partial charge on any atom is 0.149 e. The molecule has 0 saturated heterocycles. The van der Waals surface area contributed by atoms with E-state index in [0.717, 1.165) is 9.13 Å². The molecule has 2 aromatic carbocycles. The fraction of sp³-hybridized carbons (Fsp3) is 0. The van der Waals surface area contributed by atoms with Crippen LogP contribution in [0.5, 0.6) is 0 Å². The predicted octanol–water partition coefficient (Wildman–Crippen LogP) is 4.37. The van der Waals surface area contributed by atoms with Crippen LogP contribution in [-0.4, -0.2) is 9.97 Å². The first-order valence-electron chi connectivity index (χ1n) is 6.19. The molecular formula is C16H9FIN3. The van der Waals surface area contributed by atoms with Gasteiger partial charge in [-0.25, -0.2) is 9.37 Å². The third kappa shape index (κ3) is 2.95. The third-order valence-corrected chi connectivity index (χ3v) is 3.72. The second-order valence-electron chi connectivity index (χ2n) is 4.47. The average Bonchev–Trinajstić information content (AvgIpc) is 2.89. The molecule has 0 saturated carbocycles. The first-order valence-corrected chi connectivity index (χ1v) is 7.26. The molecule has 0 fully saturated rings. The van der Waals surface area contributed by atoms with Gasteiger partial charge >= 0.3 is 0 Å². The van der Waals surface area contributed by atoms with E-state index in [1.807, 2.05) is 24.3 Å². The number of rotatable bonds is 2. The van der Waals surface area contributed by atoms with Gasteiger partial charge < -0.3 is 4.98 Å². The molecular weight excluding hydrogens is 380 g/mol. The van der Waals surface area contributed by atoms with E-state index < -0.39 is 0 Å². The smallest absolute Gasteiger partial charge is 0.149 e. The molecule has 1 heterocycles. The molecule has 0 radical (unpaired) electrons. The maximum absolute atomic E-state index is 13.2. The van der Waals surface area contributed by atoms with Gasteiger partial charge in [-0.15, -0.1) is 0 Å². The Hall–Kier alpha value is -2.20. The lowest BCUT2D eigenvalue weighted by Crippen LogP contribution is -1.85. The van der Waals surface area contributed by atoms with E-state index in [1.54, 1.807) is 12.1 Å². The number of fused-ring (bicyclic) bond motifs is 1. The molecule has 0 atom stereocenters. The Kier molecular flexibility index (Phi) is 3.71. The van der Waals surface area contributed by atoms with Gasteiger partial charge in [0.1, 0.15) is 17.7 Å². The van der Waals surface area contributed by atoms with Gasteiger partial charge in [0.2, 0.25) is 0 Å². The molecule has 0 aliphatic rings. The normalized spacial score (nSPS) is 11.6. The predicted molar refractivity (Wildman–Crippen MR) is 88.7 cm³/mol. The van der Waals surface area contributed by atoms with Crippen molar-refractivity contribution in [2.75, 3.05) is 0 Å². The molecule has 1 N–H and O–H groups in total. The van der Waals surface area contributed by atoms with Gasteiger partial charge in [0, 0.05) is 3.57 Å². The number of nitrogens with zero attached hydrogens (tertiary/aromatic N) is 2. The van der Waals surface area contributed by atoms with Gasteiger partial charge in [-0.2, -0.15) is 5.26 Å². The van der Waals surface area contributed by atoms with Gasteiger partial charge in [-0.1, -0.05) is 12.1 Å². The van der Waals surface area contributed by atoms with Crippen LogP contribution in [-0.2, 0) is 0 Å². The lowest BCUT2D eigenvalue weighted by molar-refractivity contribution is 0.629. The van der Waals surface area contributed by atoms with Crippen LogP contribution in [0.15, 0.2) is 42.5 Å². The summed E-state index contributed by atoms with van der Waals surface area (Å²) >= 11 is 2.22. The Labute approximate surface area is 134 Å². The van der Waals surface area contributed by atoms with Crippen LogP contribution in [0.25, 0.3) is 22.7 Å². The summed E-state index contributed by atoms with van der Waals surface area (Å²) < 4.78 is 14.3. The number of nitriles is 1. The standard InChI is InChI=1S/C16H9FIN3/c17-12-3-6-14-15(8-12)21-16(20-14)11(9-19)7-10-1-4-13(18)5-2-10/h1-8H,(H,20,21)/b11-7-. The van der Waals surface area contributed by atoms with E-state index in [2.05, 4.69) is 38.6 Å². The zero-order chi connectivity index (χ0) is 14.8. The third-order valence-electron chi connectivity index (χ3n) is 3.00. The maximum atomic E-state index is 13.2. The number of benzene rings is 2. The van der Waals surface area contributed by atoms with Gasteiger partial charge in [0.25, 0.3) is 0 Å². The summed E-state index contributed by atoms with van der Waals surface area (Å²) in [5.41, 5.74) is 2.54. The van der Waals surface area contributed by atoms with Crippen molar-refractivity contribution in [2.45, 2.75) is 0 Å². The molecule has 0 aliphatic carbocycles. The highest BCUT2D eigenvalue weighted by Gasteiger charge is 2.08. The van der Waals surface area contributed by atoms with Crippen LogP contribution in [0, 0.1) is 20.7 Å². The van der Waals surface area contributed by atoms with Crippen molar-refractivity contribution in [1.29, 1.82) is 5.26 Å². The molecule has 0 unspecified atom stereocenters. The minimum absolute atomic E-state index is 0.335. The zero-order valence-electron chi connectivity index (χ0n) is 10.8. The Morgan fingerprint density at radius 3 is 2.71 bits per heavy atom. The Morgan fingerprint density at radius 1 is 1.24 bits per heavy atom. The summed E-state index contributed by atoms with van der Waals surface area (Å²) in [6.07, 6.45) is 1.75. The highest BCUT2D eigenvalue weighted by Crippen LogP contribution is 2.20. The average molecular weight is 389 g/mol. The van der Waals surface area contributed by atoms with Crippen LogP contribution < -0.4 is 0 Å². The molecule has 0 aliphatic heterocycles. The Bertz CT molecular complexity index is 873. The first kappa shape index (κ1) is 13.8. The topological polar surface area (TPSA) is 52.5 Å². The summed E-state index contributed by atoms with van der Waals surface area (Å²) in [6.45, 7) is 0. The molecule has 1 aromatic heterocycles. The molecule has 0 spiro atoms. The van der Waals surface area contributed by atoms with Crippen LogP contribution in [0.2, 0.25) is 0 Å². The molecule has 21 heavy (non-hydrogen) atoms. The molecule has 3 aromatic rings. The number of aromatic nitrogens is 2. The van der Waals surface area contributed by atoms with Crippen molar-refractivity contribution in [1.82, 2.24) is 9.97 Å². The Balaban J connectivity index is 2.05. The van der Waals surface area contributed by atoms with Crippen molar-refractivity contribution >= 4 is 45.3 Å². The lowest BCUT2D eigenvalue weighted by atomic mass is 10.1.